The van der Waals surface area contributed by atoms with Crippen molar-refractivity contribution in [3.8, 4) is 5.75 Å². The first-order valence-electron chi connectivity index (χ1n) is 8.61. The van der Waals surface area contributed by atoms with Crippen LogP contribution in [0.15, 0.2) is 42.5 Å². The highest BCUT2D eigenvalue weighted by Crippen LogP contribution is 2.31. The van der Waals surface area contributed by atoms with Gasteiger partial charge in [0.05, 0.1) is 29.6 Å². The van der Waals surface area contributed by atoms with E-state index in [1.807, 2.05) is 0 Å². The zero-order valence-electron chi connectivity index (χ0n) is 16.3. The third-order valence-corrected chi connectivity index (χ3v) is 5.74. The minimum Gasteiger partial charge on any atom is -0.495 e. The first kappa shape index (κ1) is 23.8. The summed E-state index contributed by atoms with van der Waals surface area (Å²) in [6, 6.07) is 7.56. The second-order valence-corrected chi connectivity index (χ2v) is 8.74. The maximum Gasteiger partial charge on any atom is 0.416 e. The molecule has 0 saturated carbocycles. The van der Waals surface area contributed by atoms with Crippen LogP contribution in [0.2, 0.25) is 5.02 Å². The molecule has 1 N–H and O–H groups in total. The van der Waals surface area contributed by atoms with Crippen molar-refractivity contribution in [2.24, 2.45) is 0 Å². The molecule has 1 unspecified atom stereocenters. The summed E-state index contributed by atoms with van der Waals surface area (Å²) in [5.41, 5.74) is -0.471. The van der Waals surface area contributed by atoms with Gasteiger partial charge in [-0.1, -0.05) is 23.7 Å². The summed E-state index contributed by atoms with van der Waals surface area (Å²) in [6.07, 6.45) is -3.57. The van der Waals surface area contributed by atoms with Crippen LogP contribution in [0.1, 0.15) is 18.1 Å². The van der Waals surface area contributed by atoms with Crippen LogP contribution in [0.5, 0.6) is 5.75 Å². The van der Waals surface area contributed by atoms with Gasteiger partial charge in [0.15, 0.2) is 0 Å². The molecular weight excluding hydrogens is 445 g/mol. The molecule has 0 saturated heterocycles. The van der Waals surface area contributed by atoms with Crippen molar-refractivity contribution in [3.05, 3.63) is 58.6 Å². The van der Waals surface area contributed by atoms with Crippen molar-refractivity contribution >= 4 is 33.2 Å². The predicted octanol–water partition coefficient (Wildman–Crippen LogP) is 3.84. The summed E-state index contributed by atoms with van der Waals surface area (Å²) in [4.78, 5) is 12.6. The third kappa shape index (κ3) is 5.79. The average molecular weight is 465 g/mol. The summed E-state index contributed by atoms with van der Waals surface area (Å²) in [7, 11) is -2.48. The van der Waals surface area contributed by atoms with Crippen LogP contribution in [-0.4, -0.2) is 33.7 Å². The number of benzene rings is 2. The number of amides is 1. The van der Waals surface area contributed by atoms with E-state index < -0.39 is 33.7 Å². The van der Waals surface area contributed by atoms with E-state index in [1.54, 1.807) is 0 Å². The molecule has 2 aromatic carbocycles. The molecule has 1 amide bonds. The molecule has 0 heterocycles. The average Bonchev–Trinajstić information content (AvgIpc) is 2.64. The number of hydrogen-bond donors (Lipinski definition) is 1. The Morgan fingerprint density at radius 1 is 1.23 bits per heavy atom. The predicted molar refractivity (Wildman–Crippen MR) is 108 cm³/mol. The van der Waals surface area contributed by atoms with E-state index in [-0.39, 0.29) is 22.8 Å². The van der Waals surface area contributed by atoms with Crippen LogP contribution >= 0.6 is 11.6 Å². The maximum absolute atomic E-state index is 12.8. The molecule has 0 aliphatic rings. The summed E-state index contributed by atoms with van der Waals surface area (Å²) < 4.78 is 69.0. The van der Waals surface area contributed by atoms with Crippen molar-refractivity contribution < 1.29 is 31.1 Å². The molecule has 0 bridgehead atoms. The van der Waals surface area contributed by atoms with Gasteiger partial charge in [-0.05, 0) is 42.8 Å². The molecular formula is C19H20ClF3N2O4S. The van der Waals surface area contributed by atoms with E-state index in [1.165, 1.54) is 44.4 Å². The minimum atomic E-state index is -4.51. The highest BCUT2D eigenvalue weighted by Gasteiger charge is 2.31. The molecule has 30 heavy (non-hydrogen) atoms. The summed E-state index contributed by atoms with van der Waals surface area (Å²) >= 11 is 6.06. The summed E-state index contributed by atoms with van der Waals surface area (Å²) in [6.45, 7) is 1.16. The number of anilines is 1. The molecule has 0 radical (unpaired) electrons. The minimum absolute atomic E-state index is 0.144. The zero-order valence-corrected chi connectivity index (χ0v) is 17.9. The maximum atomic E-state index is 12.8. The number of methoxy groups -OCH3 is 1. The van der Waals surface area contributed by atoms with E-state index in [2.05, 4.69) is 5.32 Å². The molecule has 0 aliphatic carbocycles. The van der Waals surface area contributed by atoms with Crippen molar-refractivity contribution in [2.75, 3.05) is 17.7 Å². The number of nitrogens with zero attached hydrogens (tertiary/aromatic N) is 1. The normalized spacial score (nSPS) is 12.9. The van der Waals surface area contributed by atoms with Gasteiger partial charge < -0.3 is 10.1 Å². The van der Waals surface area contributed by atoms with Crippen molar-refractivity contribution in [1.29, 1.82) is 0 Å². The summed E-state index contributed by atoms with van der Waals surface area (Å²) in [5, 5.41) is 2.62. The number of nitrogens with one attached hydrogen (secondary N) is 1. The van der Waals surface area contributed by atoms with E-state index in [0.29, 0.717) is 5.75 Å². The number of halogens is 4. The van der Waals surface area contributed by atoms with Crippen LogP contribution < -0.4 is 14.4 Å². The van der Waals surface area contributed by atoms with Crippen molar-refractivity contribution in [2.45, 2.75) is 25.7 Å². The quantitative estimate of drug-likeness (QED) is 0.675. The van der Waals surface area contributed by atoms with E-state index in [0.717, 1.165) is 22.7 Å². The molecule has 6 nitrogen and oxygen atoms in total. The SMILES string of the molecule is COc1ccc(N(C(C)C(=O)NCc2cccc(C(F)(F)F)c2)S(C)(=O)=O)cc1Cl. The lowest BCUT2D eigenvalue weighted by Gasteiger charge is -2.28. The Kier molecular flexibility index (Phi) is 7.25. The van der Waals surface area contributed by atoms with Gasteiger partial charge in [-0.15, -0.1) is 0 Å². The van der Waals surface area contributed by atoms with Gasteiger partial charge in [-0.25, -0.2) is 8.42 Å². The number of hydrogen-bond acceptors (Lipinski definition) is 4. The monoisotopic (exact) mass is 464 g/mol. The molecule has 164 valence electrons. The van der Waals surface area contributed by atoms with Gasteiger partial charge in [0, 0.05) is 6.54 Å². The fraction of sp³-hybridized carbons (Fsp3) is 0.316. The van der Waals surface area contributed by atoms with Crippen molar-refractivity contribution in [3.63, 3.8) is 0 Å². The van der Waals surface area contributed by atoms with Gasteiger partial charge in [0.2, 0.25) is 15.9 Å². The highest BCUT2D eigenvalue weighted by molar-refractivity contribution is 7.92. The zero-order chi connectivity index (χ0) is 22.7. The third-order valence-electron chi connectivity index (χ3n) is 4.20. The fourth-order valence-corrected chi connectivity index (χ4v) is 4.21. The van der Waals surface area contributed by atoms with Crippen LogP contribution in [0, 0.1) is 0 Å². The Labute approximate surface area is 177 Å². The van der Waals surface area contributed by atoms with Crippen LogP contribution in [0.25, 0.3) is 0 Å². The summed E-state index contributed by atoms with van der Waals surface area (Å²) in [5.74, 6) is -0.361. The molecule has 0 aliphatic heterocycles. The second-order valence-electron chi connectivity index (χ2n) is 6.47. The van der Waals surface area contributed by atoms with Crippen LogP contribution in [0.4, 0.5) is 18.9 Å². The van der Waals surface area contributed by atoms with Gasteiger partial charge in [-0.3, -0.25) is 9.10 Å². The first-order valence-corrected chi connectivity index (χ1v) is 10.8. The molecule has 1 atom stereocenters. The van der Waals surface area contributed by atoms with Crippen LogP contribution in [0.3, 0.4) is 0 Å². The number of alkyl halides is 3. The lowest BCUT2D eigenvalue weighted by atomic mass is 10.1. The van der Waals surface area contributed by atoms with Gasteiger partial charge in [0.25, 0.3) is 0 Å². The van der Waals surface area contributed by atoms with Crippen molar-refractivity contribution in [1.82, 2.24) is 5.32 Å². The number of carbonyl (C=O) groups is 1. The highest BCUT2D eigenvalue weighted by atomic mass is 35.5. The topological polar surface area (TPSA) is 75.7 Å². The Hall–Kier alpha value is -2.46. The Morgan fingerprint density at radius 2 is 1.90 bits per heavy atom. The number of sulfonamides is 1. The lowest BCUT2D eigenvalue weighted by Crippen LogP contribution is -2.47. The largest absolute Gasteiger partial charge is 0.495 e. The smallest absolute Gasteiger partial charge is 0.416 e. The molecule has 11 heteroatoms. The molecule has 0 spiro atoms. The number of ether oxygens (including phenoxy) is 1. The Balaban J connectivity index is 2.22. The molecule has 2 rings (SSSR count). The van der Waals surface area contributed by atoms with Crippen LogP contribution in [-0.2, 0) is 27.5 Å². The van der Waals surface area contributed by atoms with Gasteiger partial charge >= 0.3 is 6.18 Å². The van der Waals surface area contributed by atoms with E-state index in [9.17, 15) is 26.4 Å². The molecule has 2 aromatic rings. The lowest BCUT2D eigenvalue weighted by molar-refractivity contribution is -0.137. The molecule has 0 fully saturated rings. The van der Waals surface area contributed by atoms with Gasteiger partial charge in [-0.2, -0.15) is 13.2 Å². The van der Waals surface area contributed by atoms with E-state index in [4.69, 9.17) is 16.3 Å². The fourth-order valence-electron chi connectivity index (χ4n) is 2.80. The second kappa shape index (κ2) is 9.13. The number of carbonyl (C=O) groups excluding carboxylic acids is 1. The first-order chi connectivity index (χ1) is 13.8. The Bertz CT molecular complexity index is 1030. The molecule has 0 aromatic heterocycles. The standard InChI is InChI=1S/C19H20ClF3N2O4S/c1-12(18(26)24-11-13-5-4-6-14(9-13)19(21,22)23)25(30(3,27)28)15-7-8-17(29-2)16(20)10-15/h4-10,12H,11H2,1-3H3,(H,24,26). The van der Waals surface area contributed by atoms with E-state index >= 15 is 0 Å². The van der Waals surface area contributed by atoms with Gasteiger partial charge in [0.1, 0.15) is 11.8 Å². The number of rotatable bonds is 7. The Morgan fingerprint density at radius 3 is 2.43 bits per heavy atom.